The van der Waals surface area contributed by atoms with E-state index in [4.69, 9.17) is 0 Å². The second-order valence-electron chi connectivity index (χ2n) is 6.74. The van der Waals surface area contributed by atoms with Crippen molar-refractivity contribution in [3.05, 3.63) is 64.5 Å². The molecule has 1 aromatic heterocycles. The number of sulfonamides is 1. The number of nitrogens with one attached hydrogen (secondary N) is 1. The molecule has 1 fully saturated rings. The molecule has 1 aliphatic heterocycles. The highest BCUT2D eigenvalue weighted by Gasteiger charge is 2.37. The van der Waals surface area contributed by atoms with Crippen molar-refractivity contribution in [2.75, 3.05) is 13.1 Å². The number of non-ortho nitro benzene ring substituents is 1. The van der Waals surface area contributed by atoms with Gasteiger partial charge in [0.05, 0.1) is 9.82 Å². The monoisotopic (exact) mass is 418 g/mol. The molecule has 0 unspecified atom stereocenters. The number of carbonyl (C=O) groups excluding carboxylic acids is 1. The van der Waals surface area contributed by atoms with E-state index in [1.165, 1.54) is 16.4 Å². The Hall–Kier alpha value is -2.85. The molecular formula is C19H22N4O5S. The number of piperidine rings is 1. The van der Waals surface area contributed by atoms with Crippen molar-refractivity contribution >= 4 is 21.6 Å². The number of benzene rings is 1. The number of hydrogen-bond acceptors (Lipinski definition) is 6. The molecule has 2 heterocycles. The maximum Gasteiger partial charge on any atom is 0.269 e. The number of pyridine rings is 1. The summed E-state index contributed by atoms with van der Waals surface area (Å²) >= 11 is 0. The molecule has 0 bridgehead atoms. The van der Waals surface area contributed by atoms with Crippen LogP contribution in [-0.2, 0) is 21.2 Å². The third-order valence-corrected chi connectivity index (χ3v) is 6.74. The lowest BCUT2D eigenvalue weighted by molar-refractivity contribution is -0.384. The quantitative estimate of drug-likeness (QED) is 0.541. The Kier molecular flexibility index (Phi) is 6.55. The van der Waals surface area contributed by atoms with Crippen LogP contribution >= 0.6 is 0 Å². The molecule has 0 spiro atoms. The van der Waals surface area contributed by atoms with E-state index in [0.717, 1.165) is 24.2 Å². The van der Waals surface area contributed by atoms with E-state index >= 15 is 0 Å². The largest absolute Gasteiger partial charge is 0.354 e. The van der Waals surface area contributed by atoms with Gasteiger partial charge in [-0.3, -0.25) is 19.9 Å². The van der Waals surface area contributed by atoms with Gasteiger partial charge in [0.2, 0.25) is 15.9 Å². The zero-order valence-electron chi connectivity index (χ0n) is 15.7. The van der Waals surface area contributed by atoms with Crippen LogP contribution in [0.3, 0.4) is 0 Å². The summed E-state index contributed by atoms with van der Waals surface area (Å²) in [6.07, 6.45) is 4.07. The third kappa shape index (κ3) is 4.96. The molecule has 1 aliphatic rings. The van der Waals surface area contributed by atoms with Gasteiger partial charge < -0.3 is 5.32 Å². The third-order valence-electron chi connectivity index (χ3n) is 4.82. The van der Waals surface area contributed by atoms with Gasteiger partial charge >= 0.3 is 0 Å². The molecule has 9 nitrogen and oxygen atoms in total. The van der Waals surface area contributed by atoms with E-state index in [0.29, 0.717) is 25.8 Å². The fourth-order valence-electron chi connectivity index (χ4n) is 3.31. The van der Waals surface area contributed by atoms with Gasteiger partial charge in [-0.25, -0.2) is 8.42 Å². The maximum absolute atomic E-state index is 13.0. The molecular weight excluding hydrogens is 396 g/mol. The lowest BCUT2D eigenvalue weighted by atomic mass is 10.0. The van der Waals surface area contributed by atoms with Gasteiger partial charge in [-0.1, -0.05) is 12.5 Å². The molecule has 1 saturated heterocycles. The Bertz CT molecular complexity index is 964. The van der Waals surface area contributed by atoms with Gasteiger partial charge in [0.15, 0.2) is 0 Å². The first-order valence-corrected chi connectivity index (χ1v) is 10.8. The van der Waals surface area contributed by atoms with Crippen molar-refractivity contribution in [1.82, 2.24) is 14.6 Å². The van der Waals surface area contributed by atoms with E-state index in [-0.39, 0.29) is 23.0 Å². The Labute approximate surface area is 169 Å². The summed E-state index contributed by atoms with van der Waals surface area (Å²) in [5.74, 6) is -0.342. The van der Waals surface area contributed by atoms with E-state index < -0.39 is 21.0 Å². The summed E-state index contributed by atoms with van der Waals surface area (Å²) in [4.78, 5) is 27.0. The van der Waals surface area contributed by atoms with Crippen LogP contribution in [0.25, 0.3) is 0 Å². The van der Waals surface area contributed by atoms with Crippen LogP contribution in [0.15, 0.2) is 53.6 Å². The number of nitro groups is 1. The highest BCUT2D eigenvalue weighted by atomic mass is 32.2. The first-order valence-electron chi connectivity index (χ1n) is 9.33. The molecule has 0 radical (unpaired) electrons. The molecule has 0 aliphatic carbocycles. The number of nitrogens with zero attached hydrogens (tertiary/aromatic N) is 3. The Morgan fingerprint density at radius 1 is 1.21 bits per heavy atom. The van der Waals surface area contributed by atoms with E-state index in [9.17, 15) is 23.3 Å². The first kappa shape index (κ1) is 20.9. The Morgan fingerprint density at radius 2 is 1.97 bits per heavy atom. The van der Waals surface area contributed by atoms with E-state index in [1.54, 1.807) is 6.20 Å². The molecule has 29 heavy (non-hydrogen) atoms. The Balaban J connectivity index is 1.70. The predicted molar refractivity (Wildman–Crippen MR) is 106 cm³/mol. The fraction of sp³-hybridized carbons (Fsp3) is 0.368. The smallest absolute Gasteiger partial charge is 0.269 e. The van der Waals surface area contributed by atoms with Crippen LogP contribution in [0.2, 0.25) is 0 Å². The van der Waals surface area contributed by atoms with Crippen LogP contribution in [0.5, 0.6) is 0 Å². The number of nitro benzene ring substituents is 1. The zero-order valence-corrected chi connectivity index (χ0v) is 16.5. The normalized spacial score (nSPS) is 17.6. The molecule has 2 aromatic rings. The number of carbonyl (C=O) groups is 1. The van der Waals surface area contributed by atoms with Gasteiger partial charge in [0.1, 0.15) is 6.04 Å². The van der Waals surface area contributed by atoms with Crippen molar-refractivity contribution in [3.63, 3.8) is 0 Å². The summed E-state index contributed by atoms with van der Waals surface area (Å²) in [6, 6.07) is 9.45. The molecule has 154 valence electrons. The topological polar surface area (TPSA) is 123 Å². The summed E-state index contributed by atoms with van der Waals surface area (Å²) < 4.78 is 27.3. The lowest BCUT2D eigenvalue weighted by Gasteiger charge is -2.33. The highest BCUT2D eigenvalue weighted by Crippen LogP contribution is 2.26. The standard InChI is InChI=1S/C19H22N4O5S/c24-19(21-13-11-15-5-1-3-12-20-15)18-6-2-4-14-22(18)29(27,28)17-9-7-16(8-10-17)23(25)26/h1,3,5,7-10,12,18H,2,4,6,11,13-14H2,(H,21,24)/t18-/m0/s1. The molecule has 1 N–H and O–H groups in total. The minimum atomic E-state index is -3.94. The van der Waals surface area contributed by atoms with Gasteiger partial charge in [0.25, 0.3) is 5.69 Å². The van der Waals surface area contributed by atoms with Crippen molar-refractivity contribution in [1.29, 1.82) is 0 Å². The molecule has 3 rings (SSSR count). The van der Waals surface area contributed by atoms with Crippen LogP contribution in [0, 0.1) is 10.1 Å². The minimum Gasteiger partial charge on any atom is -0.354 e. The second kappa shape index (κ2) is 9.10. The lowest BCUT2D eigenvalue weighted by Crippen LogP contribution is -2.52. The van der Waals surface area contributed by atoms with Gasteiger partial charge in [-0.05, 0) is 37.1 Å². The maximum atomic E-state index is 13.0. The van der Waals surface area contributed by atoms with Gasteiger partial charge in [0, 0.05) is 43.5 Å². The zero-order chi connectivity index (χ0) is 20.9. The van der Waals surface area contributed by atoms with Crippen molar-refractivity contribution in [3.8, 4) is 0 Å². The molecule has 10 heteroatoms. The number of amides is 1. The SMILES string of the molecule is O=C(NCCc1ccccn1)[C@@H]1CCCCN1S(=O)(=O)c1ccc([N+](=O)[O-])cc1. The van der Waals surface area contributed by atoms with Crippen LogP contribution < -0.4 is 5.32 Å². The fourth-order valence-corrected chi connectivity index (χ4v) is 4.96. The molecule has 1 amide bonds. The second-order valence-corrected chi connectivity index (χ2v) is 8.63. The van der Waals surface area contributed by atoms with Crippen LogP contribution in [0.1, 0.15) is 25.0 Å². The van der Waals surface area contributed by atoms with Gasteiger partial charge in [-0.2, -0.15) is 4.31 Å². The van der Waals surface area contributed by atoms with Crippen molar-refractivity contribution < 1.29 is 18.1 Å². The predicted octanol–water partition coefficient (Wildman–Crippen LogP) is 1.89. The summed E-state index contributed by atoms with van der Waals surface area (Å²) in [5, 5.41) is 13.6. The van der Waals surface area contributed by atoms with E-state index in [1.807, 2.05) is 18.2 Å². The summed E-state index contributed by atoms with van der Waals surface area (Å²) in [6.45, 7) is 0.593. The minimum absolute atomic E-state index is 0.0590. The molecule has 1 atom stereocenters. The van der Waals surface area contributed by atoms with E-state index in [2.05, 4.69) is 10.3 Å². The van der Waals surface area contributed by atoms with Crippen LogP contribution in [0.4, 0.5) is 5.69 Å². The molecule has 0 saturated carbocycles. The number of hydrogen-bond donors (Lipinski definition) is 1. The average molecular weight is 418 g/mol. The number of rotatable bonds is 7. The van der Waals surface area contributed by atoms with Crippen LogP contribution in [-0.4, -0.2) is 47.7 Å². The highest BCUT2D eigenvalue weighted by molar-refractivity contribution is 7.89. The molecule has 1 aromatic carbocycles. The summed E-state index contributed by atoms with van der Waals surface area (Å²) in [7, 11) is -3.94. The van der Waals surface area contributed by atoms with Crippen molar-refractivity contribution in [2.24, 2.45) is 0 Å². The van der Waals surface area contributed by atoms with Crippen molar-refractivity contribution in [2.45, 2.75) is 36.6 Å². The Morgan fingerprint density at radius 3 is 2.62 bits per heavy atom. The average Bonchev–Trinajstić information content (AvgIpc) is 2.74. The summed E-state index contributed by atoms with van der Waals surface area (Å²) in [5.41, 5.74) is 0.651. The number of aromatic nitrogens is 1. The first-order chi connectivity index (χ1) is 13.9. The van der Waals surface area contributed by atoms with Gasteiger partial charge in [-0.15, -0.1) is 0 Å².